The van der Waals surface area contributed by atoms with Gasteiger partial charge in [0.05, 0.1) is 16.6 Å². The maximum atomic E-state index is 10.8. The van der Waals surface area contributed by atoms with Crippen molar-refractivity contribution in [3.8, 4) is 39.8 Å². The van der Waals surface area contributed by atoms with Crippen molar-refractivity contribution in [1.29, 1.82) is 0 Å². The van der Waals surface area contributed by atoms with Gasteiger partial charge in [-0.1, -0.05) is 60.7 Å². The number of benzene rings is 3. The minimum Gasteiger partial charge on any atom is -0.494 e. The number of aromatic hydroxyl groups is 2. The highest BCUT2D eigenvalue weighted by atomic mass is 16.5. The van der Waals surface area contributed by atoms with Gasteiger partial charge >= 0.3 is 0 Å². The van der Waals surface area contributed by atoms with Gasteiger partial charge in [-0.25, -0.2) is 0 Å². The van der Waals surface area contributed by atoms with E-state index in [-0.39, 0.29) is 11.8 Å². The van der Waals surface area contributed by atoms with E-state index in [1.165, 1.54) is 11.1 Å². The van der Waals surface area contributed by atoms with Crippen LogP contribution in [0.2, 0.25) is 0 Å². The Labute approximate surface area is 191 Å². The first-order valence-corrected chi connectivity index (χ1v) is 11.2. The second kappa shape index (κ2) is 7.78. The summed E-state index contributed by atoms with van der Waals surface area (Å²) in [6.45, 7) is 1.44. The van der Waals surface area contributed by atoms with Gasteiger partial charge in [-0.2, -0.15) is 0 Å². The minimum atomic E-state index is -0.0487. The van der Waals surface area contributed by atoms with Gasteiger partial charge in [0.1, 0.15) is 12.4 Å². The van der Waals surface area contributed by atoms with E-state index in [9.17, 15) is 10.2 Å². The minimum absolute atomic E-state index is 0.0318. The van der Waals surface area contributed by atoms with Crippen LogP contribution in [-0.2, 0) is 19.6 Å². The van der Waals surface area contributed by atoms with Gasteiger partial charge in [0.15, 0.2) is 11.8 Å². The molecule has 3 heterocycles. The van der Waals surface area contributed by atoms with Crippen LogP contribution in [0.5, 0.6) is 17.5 Å². The largest absolute Gasteiger partial charge is 0.494 e. The highest BCUT2D eigenvalue weighted by Gasteiger charge is 2.25. The molecule has 0 aliphatic carbocycles. The fraction of sp³-hybridized carbons (Fsp3) is 0.143. The van der Waals surface area contributed by atoms with Crippen LogP contribution in [-0.4, -0.2) is 19.8 Å². The van der Waals surface area contributed by atoms with Crippen molar-refractivity contribution >= 4 is 10.9 Å². The normalized spacial score (nSPS) is 12.8. The maximum Gasteiger partial charge on any atom is 0.200 e. The van der Waals surface area contributed by atoms with Crippen LogP contribution in [0.4, 0.5) is 0 Å². The SMILES string of the molecule is Oc1[nH]c(O)c(-c2cn3c4c(cccc24)CCC3)c1-c1ccc(OCc2ccccc2)cc1. The van der Waals surface area contributed by atoms with Crippen molar-refractivity contribution in [1.82, 2.24) is 9.55 Å². The molecular weight excluding hydrogens is 412 g/mol. The number of aromatic amines is 1. The first kappa shape index (κ1) is 19.6. The highest BCUT2D eigenvalue weighted by molar-refractivity contribution is 6.04. The van der Waals surface area contributed by atoms with Crippen molar-refractivity contribution in [3.05, 3.63) is 90.1 Å². The number of aromatic nitrogens is 2. The Morgan fingerprint density at radius 2 is 1.64 bits per heavy atom. The maximum absolute atomic E-state index is 10.8. The zero-order valence-corrected chi connectivity index (χ0v) is 18.1. The summed E-state index contributed by atoms with van der Waals surface area (Å²) in [5, 5.41) is 22.6. The van der Waals surface area contributed by atoms with Gasteiger partial charge in [0, 0.05) is 23.7 Å². The Kier molecular flexibility index (Phi) is 4.61. The predicted molar refractivity (Wildman–Crippen MR) is 130 cm³/mol. The van der Waals surface area contributed by atoms with E-state index in [2.05, 4.69) is 33.9 Å². The standard InChI is InChI=1S/C28H24N2O3/c31-27-24(19-11-13-21(14-12-19)33-17-18-6-2-1-3-7-18)25(28(32)29-27)23-16-30-15-5-9-20-8-4-10-22(23)26(20)30/h1-4,6-8,10-14,16,29,31-32H,5,9,15,17H2. The van der Waals surface area contributed by atoms with Gasteiger partial charge in [0.25, 0.3) is 0 Å². The average molecular weight is 437 g/mol. The Balaban J connectivity index is 1.39. The molecule has 0 fully saturated rings. The summed E-state index contributed by atoms with van der Waals surface area (Å²) in [5.74, 6) is 0.665. The van der Waals surface area contributed by atoms with Crippen LogP contribution in [0.25, 0.3) is 33.2 Å². The topological polar surface area (TPSA) is 70.4 Å². The van der Waals surface area contributed by atoms with E-state index in [4.69, 9.17) is 4.74 Å². The van der Waals surface area contributed by atoms with Crippen molar-refractivity contribution in [2.45, 2.75) is 26.0 Å². The molecule has 1 aliphatic rings. The molecule has 0 radical (unpaired) electrons. The second-order valence-electron chi connectivity index (χ2n) is 8.52. The lowest BCUT2D eigenvalue weighted by Crippen LogP contribution is -2.05. The first-order valence-electron chi connectivity index (χ1n) is 11.2. The van der Waals surface area contributed by atoms with Gasteiger partial charge in [-0.15, -0.1) is 0 Å². The number of hydrogen-bond donors (Lipinski definition) is 3. The number of aryl methyl sites for hydroxylation is 2. The summed E-state index contributed by atoms with van der Waals surface area (Å²) in [6, 6.07) is 24.0. The molecule has 0 saturated carbocycles. The number of nitrogens with zero attached hydrogens (tertiary/aromatic N) is 1. The highest BCUT2D eigenvalue weighted by Crippen LogP contribution is 2.48. The molecule has 0 unspecified atom stereocenters. The van der Waals surface area contributed by atoms with E-state index in [0.717, 1.165) is 47.2 Å². The van der Waals surface area contributed by atoms with E-state index >= 15 is 0 Å². The van der Waals surface area contributed by atoms with E-state index < -0.39 is 0 Å². The lowest BCUT2D eigenvalue weighted by Gasteiger charge is -2.14. The summed E-state index contributed by atoms with van der Waals surface area (Å²) in [5.41, 5.74) is 6.57. The molecule has 5 aromatic rings. The lowest BCUT2D eigenvalue weighted by molar-refractivity contribution is 0.306. The fourth-order valence-corrected chi connectivity index (χ4v) is 4.93. The number of H-pyrrole nitrogens is 1. The molecule has 0 amide bonds. The molecule has 5 nitrogen and oxygen atoms in total. The molecule has 6 rings (SSSR count). The van der Waals surface area contributed by atoms with E-state index in [1.54, 1.807) is 0 Å². The van der Waals surface area contributed by atoms with Crippen molar-refractivity contribution in [2.24, 2.45) is 0 Å². The molecule has 164 valence electrons. The molecule has 0 bridgehead atoms. The Hall–Kier alpha value is -4.12. The molecule has 0 saturated heterocycles. The Morgan fingerprint density at radius 1 is 0.848 bits per heavy atom. The van der Waals surface area contributed by atoms with Gasteiger partial charge < -0.3 is 19.5 Å². The summed E-state index contributed by atoms with van der Waals surface area (Å²) >= 11 is 0. The molecule has 3 N–H and O–H groups in total. The van der Waals surface area contributed by atoms with Crippen LogP contribution < -0.4 is 4.74 Å². The number of ether oxygens (including phenoxy) is 1. The number of rotatable bonds is 5. The van der Waals surface area contributed by atoms with Crippen LogP contribution in [0.1, 0.15) is 17.5 Å². The zero-order valence-electron chi connectivity index (χ0n) is 18.1. The number of nitrogens with one attached hydrogen (secondary N) is 1. The lowest BCUT2D eigenvalue weighted by atomic mass is 9.96. The van der Waals surface area contributed by atoms with Crippen LogP contribution in [0, 0.1) is 0 Å². The third-order valence-corrected chi connectivity index (χ3v) is 6.45. The number of para-hydroxylation sites is 1. The zero-order chi connectivity index (χ0) is 22.4. The molecule has 3 aromatic carbocycles. The second-order valence-corrected chi connectivity index (χ2v) is 8.52. The Morgan fingerprint density at radius 3 is 2.45 bits per heavy atom. The van der Waals surface area contributed by atoms with Crippen molar-refractivity contribution in [2.75, 3.05) is 0 Å². The Bertz CT molecular complexity index is 1450. The van der Waals surface area contributed by atoms with Crippen molar-refractivity contribution in [3.63, 3.8) is 0 Å². The molecule has 1 aliphatic heterocycles. The molecule has 0 atom stereocenters. The quantitative estimate of drug-likeness (QED) is 0.305. The molecule has 2 aromatic heterocycles. The van der Waals surface area contributed by atoms with Crippen LogP contribution in [0.3, 0.4) is 0 Å². The predicted octanol–water partition coefficient (Wildman–Crippen LogP) is 6.24. The average Bonchev–Trinajstić information content (AvgIpc) is 3.36. The summed E-state index contributed by atoms with van der Waals surface area (Å²) in [6.07, 6.45) is 4.25. The third-order valence-electron chi connectivity index (χ3n) is 6.45. The van der Waals surface area contributed by atoms with Crippen LogP contribution in [0.15, 0.2) is 79.0 Å². The molecule has 0 spiro atoms. The summed E-state index contributed by atoms with van der Waals surface area (Å²) in [4.78, 5) is 2.73. The third kappa shape index (κ3) is 3.33. The van der Waals surface area contributed by atoms with Gasteiger partial charge in [-0.05, 0) is 41.7 Å². The van der Waals surface area contributed by atoms with Gasteiger partial charge in [-0.3, -0.25) is 4.98 Å². The molecule has 33 heavy (non-hydrogen) atoms. The molecular formula is C28H24N2O3. The smallest absolute Gasteiger partial charge is 0.200 e. The van der Waals surface area contributed by atoms with E-state index in [0.29, 0.717) is 17.7 Å². The monoisotopic (exact) mass is 436 g/mol. The molecule has 5 heteroatoms. The van der Waals surface area contributed by atoms with Gasteiger partial charge in [0.2, 0.25) is 0 Å². The van der Waals surface area contributed by atoms with Crippen molar-refractivity contribution < 1.29 is 14.9 Å². The summed E-state index contributed by atoms with van der Waals surface area (Å²) < 4.78 is 8.17. The summed E-state index contributed by atoms with van der Waals surface area (Å²) in [7, 11) is 0. The number of hydrogen-bond acceptors (Lipinski definition) is 3. The first-order chi connectivity index (χ1) is 16.2. The van der Waals surface area contributed by atoms with E-state index in [1.807, 2.05) is 54.6 Å². The van der Waals surface area contributed by atoms with Crippen LogP contribution >= 0.6 is 0 Å². The fourth-order valence-electron chi connectivity index (χ4n) is 4.93.